The Hall–Kier alpha value is -2.76. The molecule has 1 heterocycles. The predicted molar refractivity (Wildman–Crippen MR) is 106 cm³/mol. The minimum atomic E-state index is 0.384. The first-order valence-electron chi connectivity index (χ1n) is 8.02. The van der Waals surface area contributed by atoms with Crippen LogP contribution in [0.1, 0.15) is 0 Å². The van der Waals surface area contributed by atoms with E-state index in [1.807, 2.05) is 54.6 Å². The van der Waals surface area contributed by atoms with Crippen LogP contribution in [0.25, 0.3) is 28.3 Å². The Morgan fingerprint density at radius 3 is 2.38 bits per heavy atom. The van der Waals surface area contributed by atoms with Crippen LogP contribution in [0.3, 0.4) is 0 Å². The van der Waals surface area contributed by atoms with Crippen molar-refractivity contribution in [3.8, 4) is 22.4 Å². The van der Waals surface area contributed by atoms with Gasteiger partial charge in [-0.3, -0.25) is 4.84 Å². The van der Waals surface area contributed by atoms with E-state index in [4.69, 9.17) is 26.3 Å². The number of ether oxygens (including phenoxy) is 1. The summed E-state index contributed by atoms with van der Waals surface area (Å²) in [6.45, 7) is 3.95. The number of benzene rings is 2. The van der Waals surface area contributed by atoms with Crippen LogP contribution >= 0.6 is 11.6 Å². The van der Waals surface area contributed by atoms with Gasteiger partial charge in [-0.1, -0.05) is 54.1 Å². The molecule has 0 aliphatic heterocycles. The fraction of sp³-hybridized carbons (Fsp3) is 0.150. The van der Waals surface area contributed by atoms with Crippen molar-refractivity contribution < 1.29 is 9.57 Å². The lowest BCUT2D eigenvalue weighted by Gasteiger charge is -2.19. The lowest BCUT2D eigenvalue weighted by molar-refractivity contribution is 0.180. The van der Waals surface area contributed by atoms with Gasteiger partial charge < -0.3 is 4.74 Å². The van der Waals surface area contributed by atoms with Gasteiger partial charge in [0, 0.05) is 17.6 Å². The number of halogens is 1. The lowest BCUT2D eigenvalue weighted by atomic mass is 10.0. The van der Waals surface area contributed by atoms with Crippen LogP contribution in [0.4, 0.5) is 5.82 Å². The number of hydrogen-bond acceptors (Lipinski definition) is 4. The second-order valence-electron chi connectivity index (χ2n) is 5.61. The molecule has 0 fully saturated rings. The summed E-state index contributed by atoms with van der Waals surface area (Å²) in [5.41, 5.74) is 3.55. The molecular formula is C20H20ClN3O2. The molecule has 0 unspecified atom stereocenters. The van der Waals surface area contributed by atoms with Crippen LogP contribution < -0.4 is 5.06 Å². The summed E-state index contributed by atoms with van der Waals surface area (Å²) in [6.07, 6.45) is 0. The normalized spacial score (nSPS) is 10.6. The Balaban J connectivity index is 2.37. The van der Waals surface area contributed by atoms with E-state index in [0.717, 1.165) is 22.4 Å². The van der Waals surface area contributed by atoms with Crippen LogP contribution in [-0.4, -0.2) is 31.0 Å². The van der Waals surface area contributed by atoms with Crippen LogP contribution in [0.15, 0.2) is 61.2 Å². The number of anilines is 1. The first-order chi connectivity index (χ1) is 12.6. The topological polar surface area (TPSA) is 39.5 Å². The Kier molecular flexibility index (Phi) is 5.30. The van der Waals surface area contributed by atoms with Crippen LogP contribution in [-0.2, 0) is 9.57 Å². The number of rotatable bonds is 6. The highest BCUT2D eigenvalue weighted by molar-refractivity contribution is 6.30. The number of methoxy groups -OCH3 is 1. The molecule has 0 amide bonds. The second kappa shape index (κ2) is 7.64. The second-order valence-corrected chi connectivity index (χ2v) is 6.05. The molecule has 0 bridgehead atoms. The van der Waals surface area contributed by atoms with Crippen molar-refractivity contribution in [2.24, 2.45) is 0 Å². The van der Waals surface area contributed by atoms with Gasteiger partial charge in [-0.2, -0.15) is 9.78 Å². The van der Waals surface area contributed by atoms with Crippen LogP contribution in [0.2, 0.25) is 5.02 Å². The van der Waals surface area contributed by atoms with E-state index in [0.29, 0.717) is 16.7 Å². The van der Waals surface area contributed by atoms with Gasteiger partial charge in [-0.15, -0.1) is 0 Å². The molecule has 0 aliphatic carbocycles. The minimum absolute atomic E-state index is 0.384. The van der Waals surface area contributed by atoms with Crippen molar-refractivity contribution in [1.82, 2.24) is 9.78 Å². The molecule has 0 spiro atoms. The predicted octanol–water partition coefficient (Wildman–Crippen LogP) is 4.94. The molecule has 0 aliphatic rings. The summed E-state index contributed by atoms with van der Waals surface area (Å²) in [4.78, 5) is 5.46. The largest absolute Gasteiger partial charge is 0.481 e. The summed E-state index contributed by atoms with van der Waals surface area (Å²) < 4.78 is 6.96. The monoisotopic (exact) mass is 369 g/mol. The molecular weight excluding hydrogens is 350 g/mol. The zero-order valence-electron chi connectivity index (χ0n) is 14.9. The molecule has 6 heteroatoms. The average molecular weight is 370 g/mol. The van der Waals surface area contributed by atoms with Gasteiger partial charge in [-0.05, 0) is 24.3 Å². The van der Waals surface area contributed by atoms with Crippen LogP contribution in [0, 0.1) is 0 Å². The van der Waals surface area contributed by atoms with E-state index in [1.165, 1.54) is 0 Å². The highest BCUT2D eigenvalue weighted by Gasteiger charge is 2.25. The standard InChI is InChI=1S/C20H20ClN3O2/c1-14(25-3)24-20(23(2)26-4)18(16-11-8-12-17(21)13-16)19(22-24)15-9-6-5-7-10-15/h5-13H,1H2,2-4H3. The smallest absolute Gasteiger partial charge is 0.208 e. The summed E-state index contributed by atoms with van der Waals surface area (Å²) in [6, 6.07) is 17.6. The van der Waals surface area contributed by atoms with Gasteiger partial charge in [0.1, 0.15) is 5.69 Å². The average Bonchev–Trinajstić information content (AvgIpc) is 3.08. The molecule has 2 aromatic carbocycles. The SMILES string of the molecule is C=C(OC)n1nc(-c2ccccc2)c(-c2cccc(Cl)c2)c1N(C)OC. The minimum Gasteiger partial charge on any atom is -0.481 e. The first-order valence-corrected chi connectivity index (χ1v) is 8.40. The highest BCUT2D eigenvalue weighted by atomic mass is 35.5. The van der Waals surface area contributed by atoms with Crippen molar-refractivity contribution in [2.45, 2.75) is 0 Å². The summed E-state index contributed by atoms with van der Waals surface area (Å²) in [5, 5.41) is 7.02. The van der Waals surface area contributed by atoms with E-state index < -0.39 is 0 Å². The highest BCUT2D eigenvalue weighted by Crippen LogP contribution is 2.41. The Morgan fingerprint density at radius 2 is 1.77 bits per heavy atom. The van der Waals surface area contributed by atoms with Crippen molar-refractivity contribution in [1.29, 1.82) is 0 Å². The third-order valence-corrected chi connectivity index (χ3v) is 4.30. The third kappa shape index (κ3) is 3.31. The summed E-state index contributed by atoms with van der Waals surface area (Å²) >= 11 is 6.24. The van der Waals surface area contributed by atoms with Gasteiger partial charge in [-0.25, -0.2) is 5.06 Å². The van der Waals surface area contributed by atoms with Crippen molar-refractivity contribution in [2.75, 3.05) is 26.3 Å². The third-order valence-electron chi connectivity index (χ3n) is 4.07. The van der Waals surface area contributed by atoms with Gasteiger partial charge in [0.05, 0.1) is 19.8 Å². The number of hydrogen-bond donors (Lipinski definition) is 0. The first kappa shape index (κ1) is 18.0. The van der Waals surface area contributed by atoms with E-state index in [9.17, 15) is 0 Å². The molecule has 134 valence electrons. The molecule has 1 aromatic heterocycles. The van der Waals surface area contributed by atoms with Crippen molar-refractivity contribution in [3.05, 3.63) is 66.2 Å². The van der Waals surface area contributed by atoms with Crippen LogP contribution in [0.5, 0.6) is 0 Å². The van der Waals surface area contributed by atoms with E-state index in [-0.39, 0.29) is 0 Å². The van der Waals surface area contributed by atoms with E-state index in [1.54, 1.807) is 31.0 Å². The Morgan fingerprint density at radius 1 is 1.08 bits per heavy atom. The molecule has 26 heavy (non-hydrogen) atoms. The fourth-order valence-electron chi connectivity index (χ4n) is 2.75. The lowest BCUT2D eigenvalue weighted by Crippen LogP contribution is -2.20. The molecule has 3 aromatic rings. The zero-order valence-corrected chi connectivity index (χ0v) is 15.7. The zero-order chi connectivity index (χ0) is 18.7. The Bertz CT molecular complexity index is 922. The molecule has 0 saturated carbocycles. The molecule has 0 N–H and O–H groups in total. The molecule has 3 rings (SSSR count). The van der Waals surface area contributed by atoms with Crippen molar-refractivity contribution >= 4 is 23.3 Å². The van der Waals surface area contributed by atoms with E-state index >= 15 is 0 Å². The molecule has 0 radical (unpaired) electrons. The number of aromatic nitrogens is 2. The quantitative estimate of drug-likeness (QED) is 0.455. The molecule has 0 atom stereocenters. The van der Waals surface area contributed by atoms with Gasteiger partial charge in [0.2, 0.25) is 5.88 Å². The van der Waals surface area contributed by atoms with E-state index in [2.05, 4.69) is 6.58 Å². The molecule has 0 saturated heterocycles. The molecule has 5 nitrogen and oxygen atoms in total. The maximum Gasteiger partial charge on any atom is 0.208 e. The number of nitrogens with zero attached hydrogens (tertiary/aromatic N) is 3. The maximum atomic E-state index is 6.24. The van der Waals surface area contributed by atoms with Gasteiger partial charge in [0.25, 0.3) is 0 Å². The summed E-state index contributed by atoms with van der Waals surface area (Å²) in [7, 11) is 4.96. The van der Waals surface area contributed by atoms with Gasteiger partial charge in [0.15, 0.2) is 5.82 Å². The Labute approximate surface area is 158 Å². The van der Waals surface area contributed by atoms with Gasteiger partial charge >= 0.3 is 0 Å². The fourth-order valence-corrected chi connectivity index (χ4v) is 2.95. The summed E-state index contributed by atoms with van der Waals surface area (Å²) in [5.74, 6) is 1.08. The maximum absolute atomic E-state index is 6.24. The van der Waals surface area contributed by atoms with Crippen molar-refractivity contribution in [3.63, 3.8) is 0 Å². The number of hydroxylamine groups is 1.